The second-order valence-electron chi connectivity index (χ2n) is 11.5. The first-order chi connectivity index (χ1) is 23.3. The number of para-hydroxylation sites is 1. The molecule has 0 amide bonds. The quantitative estimate of drug-likeness (QED) is 0.131. The number of rotatable bonds is 13. The molecule has 0 bridgehead atoms. The zero-order valence-corrected chi connectivity index (χ0v) is 27.7. The summed E-state index contributed by atoms with van der Waals surface area (Å²) in [5, 5.41) is 0.415. The van der Waals surface area contributed by atoms with E-state index in [1.165, 1.54) is 6.07 Å². The highest BCUT2D eigenvalue weighted by Crippen LogP contribution is 2.30. The molecule has 1 aliphatic rings. The molecule has 0 N–H and O–H groups in total. The van der Waals surface area contributed by atoms with Crippen molar-refractivity contribution in [2.75, 3.05) is 20.0 Å². The third kappa shape index (κ3) is 7.56. The lowest BCUT2D eigenvalue weighted by molar-refractivity contribution is 0.0643. The summed E-state index contributed by atoms with van der Waals surface area (Å²) in [6.45, 7) is 0.627. The smallest absolute Gasteiger partial charge is 0.250 e. The Labute approximate surface area is 280 Å². The maximum Gasteiger partial charge on any atom is 0.250 e. The van der Waals surface area contributed by atoms with Gasteiger partial charge in [0.1, 0.15) is 0 Å². The van der Waals surface area contributed by atoms with Crippen LogP contribution in [0.5, 0.6) is 11.5 Å². The van der Waals surface area contributed by atoms with Crippen molar-refractivity contribution < 1.29 is 22.6 Å². The Bertz CT molecular complexity index is 2140. The molecule has 5 aromatic rings. The summed E-state index contributed by atoms with van der Waals surface area (Å²) in [6, 6.07) is 25.7. The number of allylic oxidation sites excluding steroid dienone is 2. The second kappa shape index (κ2) is 14.8. The molecule has 2 heterocycles. The SMILES string of the molecule is COc1ccc(Cn2cc(-c3nc(S(=O)(=O)CCC(OCc4ccccc4)C4=CCCC=C4)nc4ccccc34)ccc2=O)cc1OC. The van der Waals surface area contributed by atoms with Crippen molar-refractivity contribution in [3.8, 4) is 22.8 Å². The number of benzene rings is 3. The van der Waals surface area contributed by atoms with E-state index in [2.05, 4.69) is 22.1 Å². The van der Waals surface area contributed by atoms with Crippen molar-refractivity contribution in [2.45, 2.75) is 43.7 Å². The Morgan fingerprint density at radius 1 is 0.854 bits per heavy atom. The van der Waals surface area contributed by atoms with E-state index in [4.69, 9.17) is 14.2 Å². The Hall–Kier alpha value is -5.06. The Kier molecular flexibility index (Phi) is 10.1. The molecule has 6 rings (SSSR count). The second-order valence-corrected chi connectivity index (χ2v) is 13.5. The van der Waals surface area contributed by atoms with Crippen LogP contribution in [-0.2, 0) is 27.7 Å². The molecule has 1 aliphatic carbocycles. The number of nitrogens with zero attached hydrogens (tertiary/aromatic N) is 3. The van der Waals surface area contributed by atoms with Crippen LogP contribution in [0.1, 0.15) is 30.4 Å². The van der Waals surface area contributed by atoms with Gasteiger partial charge >= 0.3 is 0 Å². The molecule has 0 fully saturated rings. The van der Waals surface area contributed by atoms with E-state index in [1.54, 1.807) is 43.2 Å². The number of hydrogen-bond acceptors (Lipinski definition) is 8. The maximum atomic E-state index is 13.9. The average molecular weight is 664 g/mol. The summed E-state index contributed by atoms with van der Waals surface area (Å²) in [5.41, 5.74) is 4.11. The largest absolute Gasteiger partial charge is 0.493 e. The van der Waals surface area contributed by atoms with Gasteiger partial charge < -0.3 is 18.8 Å². The lowest BCUT2D eigenvalue weighted by Crippen LogP contribution is -2.22. The van der Waals surface area contributed by atoms with Crippen LogP contribution in [0, 0.1) is 0 Å². The third-order valence-corrected chi connectivity index (χ3v) is 9.77. The number of sulfone groups is 1. The highest BCUT2D eigenvalue weighted by molar-refractivity contribution is 7.91. The number of methoxy groups -OCH3 is 2. The molecule has 0 aliphatic heterocycles. The average Bonchev–Trinajstić information content (AvgIpc) is 3.12. The van der Waals surface area contributed by atoms with Crippen LogP contribution >= 0.6 is 0 Å². The fourth-order valence-electron chi connectivity index (χ4n) is 5.73. The van der Waals surface area contributed by atoms with E-state index >= 15 is 0 Å². The van der Waals surface area contributed by atoms with Gasteiger partial charge in [0.15, 0.2) is 11.5 Å². The molecule has 0 radical (unpaired) electrons. The number of ether oxygens (including phenoxy) is 3. The molecule has 1 unspecified atom stereocenters. The predicted molar refractivity (Wildman–Crippen MR) is 186 cm³/mol. The molecule has 2 aromatic heterocycles. The van der Waals surface area contributed by atoms with Crippen LogP contribution in [0.2, 0.25) is 0 Å². The van der Waals surface area contributed by atoms with Crippen molar-refractivity contribution in [1.29, 1.82) is 0 Å². The maximum absolute atomic E-state index is 13.9. The molecular formula is C38H37N3O6S. The zero-order chi connectivity index (χ0) is 33.5. The number of pyridine rings is 1. The van der Waals surface area contributed by atoms with Gasteiger partial charge in [0, 0.05) is 23.2 Å². The van der Waals surface area contributed by atoms with E-state index in [1.807, 2.05) is 66.7 Å². The minimum absolute atomic E-state index is 0.200. The van der Waals surface area contributed by atoms with Gasteiger partial charge in [0.2, 0.25) is 15.0 Å². The summed E-state index contributed by atoms with van der Waals surface area (Å²) in [5.74, 6) is 0.942. The van der Waals surface area contributed by atoms with E-state index in [9.17, 15) is 13.2 Å². The van der Waals surface area contributed by atoms with Crippen LogP contribution in [0.3, 0.4) is 0 Å². The van der Waals surface area contributed by atoms with Crippen molar-refractivity contribution in [3.05, 3.63) is 136 Å². The molecule has 1 atom stereocenters. The molecule has 10 heteroatoms. The standard InChI is InChI=1S/C38H37N3O6S/c1-45-34-19-17-28(23-35(34)46-2)24-41-25-30(18-20-36(41)42)37-31-15-9-10-16-32(31)39-38(40-37)48(43,44)22-21-33(29-13-7-4-8-14-29)47-26-27-11-5-3-6-12-27/h3,5-7,9-20,23,25,33H,4,8,21-22,24,26H2,1-2H3. The summed E-state index contributed by atoms with van der Waals surface area (Å²) in [7, 11) is -0.805. The van der Waals surface area contributed by atoms with Crippen molar-refractivity contribution in [3.63, 3.8) is 0 Å². The van der Waals surface area contributed by atoms with E-state index in [0.717, 1.165) is 29.5 Å². The lowest BCUT2D eigenvalue weighted by atomic mass is 10.0. The van der Waals surface area contributed by atoms with Gasteiger partial charge in [0.25, 0.3) is 5.56 Å². The summed E-state index contributed by atoms with van der Waals surface area (Å²) < 4.78 is 46.4. The Morgan fingerprint density at radius 3 is 2.42 bits per heavy atom. The Balaban J connectivity index is 1.30. The van der Waals surface area contributed by atoms with E-state index < -0.39 is 15.9 Å². The predicted octanol–water partition coefficient (Wildman–Crippen LogP) is 6.55. The molecule has 0 spiro atoms. The van der Waals surface area contributed by atoms with Gasteiger partial charge in [-0.2, -0.15) is 0 Å². The van der Waals surface area contributed by atoms with Crippen LogP contribution in [0.15, 0.2) is 125 Å². The first-order valence-electron chi connectivity index (χ1n) is 15.8. The van der Waals surface area contributed by atoms with Crippen LogP contribution in [-0.4, -0.2) is 49.0 Å². The van der Waals surface area contributed by atoms with Gasteiger partial charge in [-0.1, -0.05) is 72.8 Å². The molecular weight excluding hydrogens is 627 g/mol. The minimum Gasteiger partial charge on any atom is -0.493 e. The van der Waals surface area contributed by atoms with E-state index in [-0.39, 0.29) is 29.4 Å². The van der Waals surface area contributed by atoms with Gasteiger partial charge in [0.05, 0.1) is 50.4 Å². The number of aromatic nitrogens is 3. The highest BCUT2D eigenvalue weighted by Gasteiger charge is 2.25. The Morgan fingerprint density at radius 2 is 1.65 bits per heavy atom. The highest BCUT2D eigenvalue weighted by atomic mass is 32.2. The topological polar surface area (TPSA) is 110 Å². The monoisotopic (exact) mass is 663 g/mol. The van der Waals surface area contributed by atoms with Crippen molar-refractivity contribution in [2.24, 2.45) is 0 Å². The van der Waals surface area contributed by atoms with Gasteiger partial charge in [-0.25, -0.2) is 18.4 Å². The first-order valence-corrected chi connectivity index (χ1v) is 17.4. The zero-order valence-electron chi connectivity index (χ0n) is 26.9. The summed E-state index contributed by atoms with van der Waals surface area (Å²) >= 11 is 0. The first kappa shape index (κ1) is 32.9. The van der Waals surface area contributed by atoms with Crippen molar-refractivity contribution in [1.82, 2.24) is 14.5 Å². The number of fused-ring (bicyclic) bond motifs is 1. The van der Waals surface area contributed by atoms with Crippen molar-refractivity contribution >= 4 is 20.7 Å². The van der Waals surface area contributed by atoms with Crippen LogP contribution in [0.25, 0.3) is 22.2 Å². The molecule has 9 nitrogen and oxygen atoms in total. The fourth-order valence-corrected chi connectivity index (χ4v) is 6.90. The minimum atomic E-state index is -3.93. The lowest BCUT2D eigenvalue weighted by Gasteiger charge is -2.21. The van der Waals surface area contributed by atoms with Gasteiger partial charge in [-0.05, 0) is 60.2 Å². The molecule has 3 aromatic carbocycles. The fraction of sp³-hybridized carbons (Fsp3) is 0.237. The van der Waals surface area contributed by atoms with Crippen LogP contribution < -0.4 is 15.0 Å². The molecule has 48 heavy (non-hydrogen) atoms. The molecule has 246 valence electrons. The summed E-state index contributed by atoms with van der Waals surface area (Å²) in [6.07, 6.45) is 9.59. The van der Waals surface area contributed by atoms with Gasteiger partial charge in [-0.15, -0.1) is 0 Å². The van der Waals surface area contributed by atoms with Gasteiger partial charge in [-0.3, -0.25) is 4.79 Å². The van der Waals surface area contributed by atoms with E-state index in [0.29, 0.717) is 40.3 Å². The summed E-state index contributed by atoms with van der Waals surface area (Å²) in [4.78, 5) is 22.1. The molecule has 0 saturated heterocycles. The van der Waals surface area contributed by atoms with Crippen LogP contribution in [0.4, 0.5) is 0 Å². The third-order valence-electron chi connectivity index (χ3n) is 8.26. The molecule has 0 saturated carbocycles. The number of hydrogen-bond donors (Lipinski definition) is 0. The normalized spacial score (nSPS) is 13.7.